The first-order valence-corrected chi connectivity index (χ1v) is 5.56. The van der Waals surface area contributed by atoms with E-state index >= 15 is 0 Å². The molecule has 2 rings (SSSR count). The second-order valence-corrected chi connectivity index (χ2v) is 4.98. The number of carbonyl (C=O) groups is 1. The van der Waals surface area contributed by atoms with Gasteiger partial charge in [0.15, 0.2) is 0 Å². The van der Waals surface area contributed by atoms with Gasteiger partial charge in [-0.15, -0.1) is 0 Å². The molecule has 1 atom stereocenters. The van der Waals surface area contributed by atoms with Gasteiger partial charge in [0.25, 0.3) is 0 Å². The molecule has 1 fully saturated rings. The smallest absolute Gasteiger partial charge is 0.407 e. The van der Waals surface area contributed by atoms with Crippen LogP contribution in [0.5, 0.6) is 0 Å². The highest BCUT2D eigenvalue weighted by molar-refractivity contribution is 9.10. The quantitative estimate of drug-likeness (QED) is 0.896. The SMILES string of the molecule is CC1(Cc2ccc(Br)cc2)COC(=O)N1. The highest BCUT2D eigenvalue weighted by Crippen LogP contribution is 2.19. The number of cyclic esters (lactones) is 1. The molecule has 1 aromatic carbocycles. The number of benzene rings is 1. The lowest BCUT2D eigenvalue weighted by Gasteiger charge is -2.20. The van der Waals surface area contributed by atoms with Crippen molar-refractivity contribution in [2.75, 3.05) is 6.61 Å². The maximum absolute atomic E-state index is 11.0. The number of nitrogens with one attached hydrogen (secondary N) is 1. The maximum atomic E-state index is 11.0. The van der Waals surface area contributed by atoms with E-state index in [0.29, 0.717) is 6.61 Å². The zero-order valence-corrected chi connectivity index (χ0v) is 10.0. The maximum Gasteiger partial charge on any atom is 0.407 e. The van der Waals surface area contributed by atoms with Crippen LogP contribution in [0.1, 0.15) is 12.5 Å². The van der Waals surface area contributed by atoms with Gasteiger partial charge in [-0.2, -0.15) is 0 Å². The Morgan fingerprint density at radius 2 is 2.13 bits per heavy atom. The van der Waals surface area contributed by atoms with Crippen molar-refractivity contribution in [1.29, 1.82) is 0 Å². The first kappa shape index (κ1) is 10.5. The van der Waals surface area contributed by atoms with Crippen molar-refractivity contribution >= 4 is 22.0 Å². The molecule has 1 amide bonds. The van der Waals surface area contributed by atoms with Crippen LogP contribution < -0.4 is 5.32 Å². The fourth-order valence-corrected chi connectivity index (χ4v) is 1.96. The van der Waals surface area contributed by atoms with Crippen LogP contribution >= 0.6 is 15.9 Å². The minimum Gasteiger partial charge on any atom is -0.447 e. The van der Waals surface area contributed by atoms with Crippen LogP contribution in [0, 0.1) is 0 Å². The standard InChI is InChI=1S/C11H12BrNO2/c1-11(7-15-10(14)13-11)6-8-2-4-9(12)5-3-8/h2-5H,6-7H2,1H3,(H,13,14). The molecular weight excluding hydrogens is 258 g/mol. The molecule has 0 spiro atoms. The summed E-state index contributed by atoms with van der Waals surface area (Å²) in [7, 11) is 0. The Kier molecular flexibility index (Phi) is 2.69. The van der Waals surface area contributed by atoms with Crippen molar-refractivity contribution in [3.8, 4) is 0 Å². The molecule has 1 unspecified atom stereocenters. The minimum absolute atomic E-state index is 0.273. The second-order valence-electron chi connectivity index (χ2n) is 4.07. The van der Waals surface area contributed by atoms with E-state index in [-0.39, 0.29) is 11.6 Å². The monoisotopic (exact) mass is 269 g/mol. The molecule has 1 aromatic rings. The normalized spacial score (nSPS) is 24.8. The van der Waals surface area contributed by atoms with Crippen molar-refractivity contribution < 1.29 is 9.53 Å². The molecule has 1 aliphatic heterocycles. The van der Waals surface area contributed by atoms with Gasteiger partial charge in [-0.25, -0.2) is 4.79 Å². The number of amides is 1. The molecule has 4 heteroatoms. The zero-order valence-electron chi connectivity index (χ0n) is 8.42. The topological polar surface area (TPSA) is 38.3 Å². The number of halogens is 1. The lowest BCUT2D eigenvalue weighted by molar-refractivity contribution is 0.173. The summed E-state index contributed by atoms with van der Waals surface area (Å²) in [4.78, 5) is 11.0. The van der Waals surface area contributed by atoms with Gasteiger partial charge < -0.3 is 10.1 Å². The molecule has 0 bridgehead atoms. The summed E-state index contributed by atoms with van der Waals surface area (Å²) in [6, 6.07) is 8.08. The van der Waals surface area contributed by atoms with E-state index in [0.717, 1.165) is 10.9 Å². The third-order valence-electron chi connectivity index (χ3n) is 2.43. The van der Waals surface area contributed by atoms with Crippen LogP contribution in [0.2, 0.25) is 0 Å². The predicted octanol–water partition coefficient (Wildman–Crippen LogP) is 2.49. The van der Waals surface area contributed by atoms with Crippen LogP contribution in [-0.2, 0) is 11.2 Å². The molecule has 1 N–H and O–H groups in total. The Hall–Kier alpha value is -1.03. The number of carbonyl (C=O) groups excluding carboxylic acids is 1. The zero-order chi connectivity index (χ0) is 10.9. The highest BCUT2D eigenvalue weighted by atomic mass is 79.9. The number of hydrogen-bond donors (Lipinski definition) is 1. The molecule has 0 aromatic heterocycles. The van der Waals surface area contributed by atoms with Crippen molar-refractivity contribution in [1.82, 2.24) is 5.32 Å². The van der Waals surface area contributed by atoms with E-state index in [1.807, 2.05) is 31.2 Å². The summed E-state index contributed by atoms with van der Waals surface area (Å²) >= 11 is 3.39. The summed E-state index contributed by atoms with van der Waals surface area (Å²) in [6.07, 6.45) is 0.459. The number of ether oxygens (including phenoxy) is 1. The number of hydrogen-bond acceptors (Lipinski definition) is 2. The number of alkyl carbamates (subject to hydrolysis) is 1. The molecular formula is C11H12BrNO2. The Morgan fingerprint density at radius 3 is 2.67 bits per heavy atom. The van der Waals surface area contributed by atoms with E-state index in [1.54, 1.807) is 0 Å². The van der Waals surface area contributed by atoms with Crippen molar-refractivity contribution in [3.63, 3.8) is 0 Å². The minimum atomic E-state index is -0.324. The first-order valence-electron chi connectivity index (χ1n) is 4.77. The van der Waals surface area contributed by atoms with Crippen molar-refractivity contribution in [2.24, 2.45) is 0 Å². The Balaban J connectivity index is 2.08. The fraction of sp³-hybridized carbons (Fsp3) is 0.364. The summed E-state index contributed by atoms with van der Waals surface area (Å²) in [6.45, 7) is 2.42. The second kappa shape index (κ2) is 3.85. The average molecular weight is 270 g/mol. The Bertz CT molecular complexity index is 377. The summed E-state index contributed by atoms with van der Waals surface area (Å²) in [5.74, 6) is 0. The third kappa shape index (κ3) is 2.50. The Morgan fingerprint density at radius 1 is 1.47 bits per heavy atom. The lowest BCUT2D eigenvalue weighted by Crippen LogP contribution is -2.42. The highest BCUT2D eigenvalue weighted by Gasteiger charge is 2.34. The van der Waals surface area contributed by atoms with Crippen LogP contribution in [0.4, 0.5) is 4.79 Å². The van der Waals surface area contributed by atoms with Gasteiger partial charge >= 0.3 is 6.09 Å². The molecule has 0 aliphatic carbocycles. The van der Waals surface area contributed by atoms with Gasteiger partial charge in [0.05, 0.1) is 5.54 Å². The molecule has 1 aliphatic rings. The average Bonchev–Trinajstić information content (AvgIpc) is 2.50. The van der Waals surface area contributed by atoms with Crippen LogP contribution in [0.25, 0.3) is 0 Å². The molecule has 15 heavy (non-hydrogen) atoms. The lowest BCUT2D eigenvalue weighted by atomic mass is 9.94. The van der Waals surface area contributed by atoms with Crippen LogP contribution in [0.3, 0.4) is 0 Å². The molecule has 3 nitrogen and oxygen atoms in total. The van der Waals surface area contributed by atoms with Crippen molar-refractivity contribution in [3.05, 3.63) is 34.3 Å². The van der Waals surface area contributed by atoms with Gasteiger partial charge in [0, 0.05) is 4.47 Å². The van der Waals surface area contributed by atoms with Crippen LogP contribution in [0.15, 0.2) is 28.7 Å². The number of rotatable bonds is 2. The summed E-state index contributed by atoms with van der Waals surface area (Å²) in [5.41, 5.74) is 0.914. The molecule has 0 saturated carbocycles. The van der Waals surface area contributed by atoms with Crippen molar-refractivity contribution in [2.45, 2.75) is 18.9 Å². The third-order valence-corrected chi connectivity index (χ3v) is 2.96. The predicted molar refractivity (Wildman–Crippen MR) is 60.7 cm³/mol. The van der Waals surface area contributed by atoms with Gasteiger partial charge in [0.2, 0.25) is 0 Å². The molecule has 80 valence electrons. The van der Waals surface area contributed by atoms with Crippen LogP contribution in [-0.4, -0.2) is 18.2 Å². The Labute approximate surface area is 96.9 Å². The molecule has 1 saturated heterocycles. The van der Waals surface area contributed by atoms with E-state index < -0.39 is 0 Å². The molecule has 0 radical (unpaired) electrons. The summed E-state index contributed by atoms with van der Waals surface area (Å²) < 4.78 is 5.96. The van der Waals surface area contributed by atoms with E-state index in [2.05, 4.69) is 21.2 Å². The van der Waals surface area contributed by atoms with Gasteiger partial charge in [-0.05, 0) is 31.0 Å². The molecule has 1 heterocycles. The first-order chi connectivity index (χ1) is 7.07. The van der Waals surface area contributed by atoms with E-state index in [1.165, 1.54) is 5.56 Å². The van der Waals surface area contributed by atoms with E-state index in [4.69, 9.17) is 4.74 Å². The van der Waals surface area contributed by atoms with Gasteiger partial charge in [0.1, 0.15) is 6.61 Å². The summed E-state index contributed by atoms with van der Waals surface area (Å²) in [5, 5.41) is 2.82. The fourth-order valence-electron chi connectivity index (χ4n) is 1.69. The van der Waals surface area contributed by atoms with Gasteiger partial charge in [-0.3, -0.25) is 0 Å². The van der Waals surface area contributed by atoms with E-state index in [9.17, 15) is 4.79 Å². The van der Waals surface area contributed by atoms with Gasteiger partial charge in [-0.1, -0.05) is 28.1 Å². The largest absolute Gasteiger partial charge is 0.447 e.